The highest BCUT2D eigenvalue weighted by molar-refractivity contribution is 7.16. The minimum absolute atomic E-state index is 0.131. The first kappa shape index (κ1) is 13.3. The SMILES string of the molecule is CNC(c1ccc(Cl)s1)c1cc(F)ccc1OC. The molecule has 18 heavy (non-hydrogen) atoms. The molecule has 5 heteroatoms. The maximum Gasteiger partial charge on any atom is 0.124 e. The Morgan fingerprint density at radius 2 is 2.11 bits per heavy atom. The highest BCUT2D eigenvalue weighted by Crippen LogP contribution is 2.35. The van der Waals surface area contributed by atoms with Gasteiger partial charge in [-0.25, -0.2) is 4.39 Å². The lowest BCUT2D eigenvalue weighted by Gasteiger charge is -2.18. The second-order valence-corrected chi connectivity index (χ2v) is 5.50. The third-order valence-electron chi connectivity index (χ3n) is 2.67. The first-order valence-electron chi connectivity index (χ1n) is 5.41. The van der Waals surface area contributed by atoms with E-state index in [1.54, 1.807) is 13.2 Å². The first-order valence-corrected chi connectivity index (χ1v) is 6.61. The number of methoxy groups -OCH3 is 1. The summed E-state index contributed by atoms with van der Waals surface area (Å²) in [6, 6.07) is 8.12. The molecular weight excluding hydrogens is 273 g/mol. The zero-order valence-corrected chi connectivity index (χ0v) is 11.6. The van der Waals surface area contributed by atoms with Crippen LogP contribution in [0.1, 0.15) is 16.5 Å². The smallest absolute Gasteiger partial charge is 0.124 e. The summed E-state index contributed by atoms with van der Waals surface area (Å²) in [5, 5.41) is 3.16. The van der Waals surface area contributed by atoms with Crippen LogP contribution in [0.2, 0.25) is 4.34 Å². The van der Waals surface area contributed by atoms with Crippen molar-refractivity contribution < 1.29 is 9.13 Å². The van der Waals surface area contributed by atoms with Gasteiger partial charge in [0.2, 0.25) is 0 Å². The van der Waals surface area contributed by atoms with Crippen molar-refractivity contribution in [3.8, 4) is 5.75 Å². The molecule has 2 aromatic rings. The minimum Gasteiger partial charge on any atom is -0.496 e. The summed E-state index contributed by atoms with van der Waals surface area (Å²) in [7, 11) is 3.40. The maximum atomic E-state index is 13.4. The summed E-state index contributed by atoms with van der Waals surface area (Å²) in [6.07, 6.45) is 0. The summed E-state index contributed by atoms with van der Waals surface area (Å²) in [5.41, 5.74) is 0.763. The molecule has 0 saturated carbocycles. The number of halogens is 2. The number of thiophene rings is 1. The van der Waals surface area contributed by atoms with Gasteiger partial charge in [0.05, 0.1) is 17.5 Å². The lowest BCUT2D eigenvalue weighted by molar-refractivity contribution is 0.404. The van der Waals surface area contributed by atoms with E-state index in [-0.39, 0.29) is 11.9 Å². The van der Waals surface area contributed by atoms with Crippen LogP contribution in [-0.2, 0) is 0 Å². The van der Waals surface area contributed by atoms with Crippen molar-refractivity contribution in [1.29, 1.82) is 0 Å². The molecule has 0 aliphatic carbocycles. The van der Waals surface area contributed by atoms with Crippen molar-refractivity contribution in [3.63, 3.8) is 0 Å². The largest absolute Gasteiger partial charge is 0.496 e. The van der Waals surface area contributed by atoms with Gasteiger partial charge in [0.25, 0.3) is 0 Å². The van der Waals surface area contributed by atoms with Crippen molar-refractivity contribution in [2.75, 3.05) is 14.2 Å². The highest BCUT2D eigenvalue weighted by atomic mass is 35.5. The van der Waals surface area contributed by atoms with Gasteiger partial charge in [-0.2, -0.15) is 0 Å². The van der Waals surface area contributed by atoms with Crippen LogP contribution in [0.25, 0.3) is 0 Å². The fourth-order valence-corrected chi connectivity index (χ4v) is 3.06. The molecule has 0 fully saturated rings. The third-order valence-corrected chi connectivity index (χ3v) is 3.97. The summed E-state index contributed by atoms with van der Waals surface area (Å²) < 4.78 is 19.4. The van der Waals surface area contributed by atoms with Gasteiger partial charge in [0.1, 0.15) is 11.6 Å². The van der Waals surface area contributed by atoms with E-state index in [1.807, 2.05) is 19.2 Å². The normalized spacial score (nSPS) is 12.4. The minimum atomic E-state index is -0.284. The Balaban J connectivity index is 2.47. The van der Waals surface area contributed by atoms with Crippen LogP contribution in [0, 0.1) is 5.82 Å². The molecule has 1 aromatic carbocycles. The Morgan fingerprint density at radius 3 is 2.67 bits per heavy atom. The van der Waals surface area contributed by atoms with Gasteiger partial charge in [0.15, 0.2) is 0 Å². The van der Waals surface area contributed by atoms with Crippen LogP contribution in [0.15, 0.2) is 30.3 Å². The maximum absolute atomic E-state index is 13.4. The molecule has 2 rings (SSSR count). The molecule has 0 saturated heterocycles. The molecule has 96 valence electrons. The van der Waals surface area contributed by atoms with Gasteiger partial charge in [-0.15, -0.1) is 11.3 Å². The average molecular weight is 286 g/mol. The second kappa shape index (κ2) is 5.69. The van der Waals surface area contributed by atoms with Crippen LogP contribution >= 0.6 is 22.9 Å². The number of benzene rings is 1. The number of ether oxygens (including phenoxy) is 1. The van der Waals surface area contributed by atoms with E-state index >= 15 is 0 Å². The molecule has 0 amide bonds. The standard InChI is InChI=1S/C13H13ClFNOS/c1-16-13(11-5-6-12(14)18-11)9-7-8(15)3-4-10(9)17-2/h3-7,13,16H,1-2H3. The van der Waals surface area contributed by atoms with E-state index in [1.165, 1.54) is 23.5 Å². The molecule has 0 spiro atoms. The van der Waals surface area contributed by atoms with Crippen molar-refractivity contribution in [2.24, 2.45) is 0 Å². The monoisotopic (exact) mass is 285 g/mol. The fraction of sp³-hybridized carbons (Fsp3) is 0.231. The Kier molecular flexibility index (Phi) is 4.22. The highest BCUT2D eigenvalue weighted by Gasteiger charge is 2.19. The van der Waals surface area contributed by atoms with Gasteiger partial charge in [-0.1, -0.05) is 11.6 Å². The molecule has 0 radical (unpaired) electrons. The zero-order valence-electron chi connectivity index (χ0n) is 10.0. The van der Waals surface area contributed by atoms with Crippen LogP contribution in [0.5, 0.6) is 5.75 Å². The Hall–Kier alpha value is -1.10. The van der Waals surface area contributed by atoms with Crippen molar-refractivity contribution in [1.82, 2.24) is 5.32 Å². The first-order chi connectivity index (χ1) is 8.65. The molecular formula is C13H13ClFNOS. The topological polar surface area (TPSA) is 21.3 Å². The molecule has 0 aliphatic rings. The Bertz CT molecular complexity index is 544. The molecule has 1 heterocycles. The summed E-state index contributed by atoms with van der Waals surface area (Å²) in [5.74, 6) is 0.369. The number of hydrogen-bond donors (Lipinski definition) is 1. The van der Waals surface area contributed by atoms with Gasteiger partial charge >= 0.3 is 0 Å². The number of hydrogen-bond acceptors (Lipinski definition) is 3. The van der Waals surface area contributed by atoms with Gasteiger partial charge in [-0.05, 0) is 37.4 Å². The predicted octanol–water partition coefficient (Wildman–Crippen LogP) is 3.86. The molecule has 2 nitrogen and oxygen atoms in total. The van der Waals surface area contributed by atoms with Crippen LogP contribution in [-0.4, -0.2) is 14.2 Å². The van der Waals surface area contributed by atoms with E-state index in [4.69, 9.17) is 16.3 Å². The second-order valence-electron chi connectivity index (χ2n) is 3.75. The van der Waals surface area contributed by atoms with E-state index in [0.717, 1.165) is 10.4 Å². The van der Waals surface area contributed by atoms with Gasteiger partial charge in [0, 0.05) is 10.4 Å². The van der Waals surface area contributed by atoms with Crippen LogP contribution < -0.4 is 10.1 Å². The van der Waals surface area contributed by atoms with Crippen LogP contribution in [0.4, 0.5) is 4.39 Å². The molecule has 0 bridgehead atoms. The summed E-state index contributed by atoms with van der Waals surface area (Å²) in [4.78, 5) is 1.02. The van der Waals surface area contributed by atoms with E-state index in [2.05, 4.69) is 5.32 Å². The van der Waals surface area contributed by atoms with E-state index < -0.39 is 0 Å². The quantitative estimate of drug-likeness (QED) is 0.921. The van der Waals surface area contributed by atoms with Crippen molar-refractivity contribution in [2.45, 2.75) is 6.04 Å². The molecule has 1 atom stereocenters. The van der Waals surface area contributed by atoms with Crippen molar-refractivity contribution >= 4 is 22.9 Å². The molecule has 1 unspecified atom stereocenters. The number of rotatable bonds is 4. The zero-order chi connectivity index (χ0) is 13.1. The summed E-state index contributed by atoms with van der Waals surface area (Å²) >= 11 is 7.40. The van der Waals surface area contributed by atoms with Gasteiger partial charge in [-0.3, -0.25) is 0 Å². The summed E-state index contributed by atoms with van der Waals surface area (Å²) in [6.45, 7) is 0. The third kappa shape index (κ3) is 2.66. The average Bonchev–Trinajstić information content (AvgIpc) is 2.77. The van der Waals surface area contributed by atoms with E-state index in [9.17, 15) is 4.39 Å². The Morgan fingerprint density at radius 1 is 1.33 bits per heavy atom. The van der Waals surface area contributed by atoms with Gasteiger partial charge < -0.3 is 10.1 Å². The number of nitrogens with one attached hydrogen (secondary N) is 1. The van der Waals surface area contributed by atoms with Crippen LogP contribution in [0.3, 0.4) is 0 Å². The molecule has 1 aromatic heterocycles. The van der Waals surface area contributed by atoms with Crippen molar-refractivity contribution in [3.05, 3.63) is 50.9 Å². The van der Waals surface area contributed by atoms with E-state index in [0.29, 0.717) is 10.1 Å². The lowest BCUT2D eigenvalue weighted by Crippen LogP contribution is -2.17. The lowest BCUT2D eigenvalue weighted by atomic mass is 10.0. The fourth-order valence-electron chi connectivity index (χ4n) is 1.87. The molecule has 1 N–H and O–H groups in total. The predicted molar refractivity (Wildman–Crippen MR) is 73.2 cm³/mol. The Labute approximate surface area is 114 Å². The molecule has 0 aliphatic heterocycles.